The first kappa shape index (κ1) is 16.7. The summed E-state index contributed by atoms with van der Waals surface area (Å²) in [7, 11) is 0. The number of benzene rings is 2. The Hall–Kier alpha value is -2.20. The van der Waals surface area contributed by atoms with Gasteiger partial charge in [-0.1, -0.05) is 49.2 Å². The van der Waals surface area contributed by atoms with Gasteiger partial charge >= 0.3 is 5.95 Å². The van der Waals surface area contributed by atoms with Crippen LogP contribution in [-0.2, 0) is 13.1 Å². The molecule has 3 aromatic rings. The summed E-state index contributed by atoms with van der Waals surface area (Å²) in [4.78, 5) is 0. The van der Waals surface area contributed by atoms with Crippen LogP contribution < -0.4 is 15.0 Å². The Morgan fingerprint density at radius 3 is 2.67 bits per heavy atom. The van der Waals surface area contributed by atoms with Crippen LogP contribution in [0.1, 0.15) is 19.8 Å². The van der Waals surface area contributed by atoms with E-state index in [1.165, 1.54) is 5.52 Å². The van der Waals surface area contributed by atoms with Crippen molar-refractivity contribution in [2.24, 2.45) is 0 Å². The highest BCUT2D eigenvalue weighted by atomic mass is 35.5. The fourth-order valence-corrected chi connectivity index (χ4v) is 3.10. The number of unbranched alkanes of at least 4 members (excludes halogenated alkanes) is 1. The number of hydrogen-bond donors (Lipinski definition) is 1. The number of anilines is 1. The maximum atomic E-state index is 6.41. The van der Waals surface area contributed by atoms with Gasteiger partial charge in [0.25, 0.3) is 0 Å². The number of aromatic nitrogens is 2. The maximum Gasteiger partial charge on any atom is 0.356 e. The smallest absolute Gasteiger partial charge is 0.356 e. The normalized spacial score (nSPS) is 11.1. The van der Waals surface area contributed by atoms with Crippen LogP contribution in [0.25, 0.3) is 11.0 Å². The third-order valence-electron chi connectivity index (χ3n) is 4.16. The second-order valence-corrected chi connectivity index (χ2v) is 6.19. The van der Waals surface area contributed by atoms with Crippen molar-refractivity contribution in [2.75, 3.05) is 12.3 Å². The summed E-state index contributed by atoms with van der Waals surface area (Å²) in [5.41, 5.74) is 8.71. The summed E-state index contributed by atoms with van der Waals surface area (Å²) >= 11 is 6.13. The SMILES string of the molecule is CCCC[n+]1c(N)n(CCOc2ccccc2Cl)c2ccccc21. The molecule has 0 atom stereocenters. The lowest BCUT2D eigenvalue weighted by molar-refractivity contribution is -0.657. The first-order chi connectivity index (χ1) is 11.7. The number of halogens is 1. The van der Waals surface area contributed by atoms with Gasteiger partial charge in [0, 0.05) is 0 Å². The van der Waals surface area contributed by atoms with Gasteiger partial charge in [0.1, 0.15) is 29.9 Å². The van der Waals surface area contributed by atoms with E-state index in [-0.39, 0.29) is 0 Å². The highest BCUT2D eigenvalue weighted by Crippen LogP contribution is 2.23. The maximum absolute atomic E-state index is 6.41. The van der Waals surface area contributed by atoms with Gasteiger partial charge in [-0.2, -0.15) is 0 Å². The number of nitrogens with zero attached hydrogens (tertiary/aromatic N) is 2. The third kappa shape index (κ3) is 3.34. The van der Waals surface area contributed by atoms with E-state index < -0.39 is 0 Å². The zero-order chi connectivity index (χ0) is 16.9. The Labute approximate surface area is 147 Å². The summed E-state index contributed by atoms with van der Waals surface area (Å²) < 4.78 is 10.1. The van der Waals surface area contributed by atoms with Crippen LogP contribution in [0.4, 0.5) is 5.95 Å². The highest BCUT2D eigenvalue weighted by Gasteiger charge is 2.20. The number of fused-ring (bicyclic) bond motifs is 1. The van der Waals surface area contributed by atoms with Gasteiger partial charge in [-0.05, 0) is 30.7 Å². The largest absolute Gasteiger partial charge is 0.489 e. The fraction of sp³-hybridized carbons (Fsp3) is 0.316. The van der Waals surface area contributed by atoms with Crippen LogP contribution in [0.3, 0.4) is 0 Å². The number of para-hydroxylation sites is 3. The molecule has 0 radical (unpaired) electrons. The summed E-state index contributed by atoms with van der Waals surface area (Å²) in [5.74, 6) is 1.47. The zero-order valence-electron chi connectivity index (χ0n) is 13.9. The predicted octanol–water partition coefficient (Wildman–Crippen LogP) is 4.04. The Morgan fingerprint density at radius 2 is 1.88 bits per heavy atom. The Kier molecular flexibility index (Phi) is 5.26. The van der Waals surface area contributed by atoms with Crippen molar-refractivity contribution in [2.45, 2.75) is 32.9 Å². The molecule has 0 bridgehead atoms. The molecule has 0 unspecified atom stereocenters. The summed E-state index contributed by atoms with van der Waals surface area (Å²) in [5, 5.41) is 0.626. The standard InChI is InChI=1S/C19H22ClN3O/c1-2-3-12-22-16-9-5-6-10-17(16)23(19(22)21)13-14-24-18-11-7-4-8-15(18)20/h4-11,21H,2-3,12-14H2,1H3/p+1. The molecular formula is C19H23ClN3O+. The second kappa shape index (κ2) is 7.58. The molecule has 4 nitrogen and oxygen atoms in total. The van der Waals surface area contributed by atoms with Crippen LogP contribution >= 0.6 is 11.6 Å². The number of aryl methyl sites for hydroxylation is 1. The molecule has 24 heavy (non-hydrogen) atoms. The van der Waals surface area contributed by atoms with Gasteiger partial charge in [-0.15, -0.1) is 0 Å². The summed E-state index contributed by atoms with van der Waals surface area (Å²) in [6.07, 6.45) is 2.25. The van der Waals surface area contributed by atoms with E-state index in [1.54, 1.807) is 0 Å². The number of ether oxygens (including phenoxy) is 1. The molecule has 1 aromatic heterocycles. The minimum Gasteiger partial charge on any atom is -0.489 e. The number of hydrogen-bond acceptors (Lipinski definition) is 2. The lowest BCUT2D eigenvalue weighted by atomic mass is 10.3. The van der Waals surface area contributed by atoms with Crippen molar-refractivity contribution < 1.29 is 9.30 Å². The topological polar surface area (TPSA) is 44.1 Å². The molecule has 2 N–H and O–H groups in total. The van der Waals surface area contributed by atoms with Crippen molar-refractivity contribution >= 4 is 28.6 Å². The minimum atomic E-state index is 0.514. The molecule has 0 aliphatic rings. The van der Waals surface area contributed by atoms with Crippen LogP contribution in [0.15, 0.2) is 48.5 Å². The van der Waals surface area contributed by atoms with Crippen molar-refractivity contribution in [3.05, 3.63) is 53.6 Å². The van der Waals surface area contributed by atoms with E-state index in [4.69, 9.17) is 22.1 Å². The van der Waals surface area contributed by atoms with Gasteiger partial charge in [-0.3, -0.25) is 5.73 Å². The first-order valence-corrected chi connectivity index (χ1v) is 8.74. The van der Waals surface area contributed by atoms with Gasteiger partial charge < -0.3 is 4.74 Å². The monoisotopic (exact) mass is 344 g/mol. The second-order valence-electron chi connectivity index (χ2n) is 5.78. The fourth-order valence-electron chi connectivity index (χ4n) is 2.91. The Balaban J connectivity index is 1.81. The van der Waals surface area contributed by atoms with Crippen LogP contribution in [0.2, 0.25) is 5.02 Å². The highest BCUT2D eigenvalue weighted by molar-refractivity contribution is 6.32. The minimum absolute atomic E-state index is 0.514. The number of nitrogen functional groups attached to an aromatic ring is 1. The summed E-state index contributed by atoms with van der Waals surface area (Å²) in [6, 6.07) is 15.8. The Bertz CT molecular complexity index is 829. The molecule has 1 heterocycles. The van der Waals surface area contributed by atoms with Crippen LogP contribution in [-0.4, -0.2) is 11.2 Å². The molecule has 0 amide bonds. The van der Waals surface area contributed by atoms with Crippen LogP contribution in [0, 0.1) is 0 Å². The molecule has 0 spiro atoms. The molecule has 0 fully saturated rings. The lowest BCUT2D eigenvalue weighted by Gasteiger charge is -2.07. The molecule has 0 aliphatic heterocycles. The quantitative estimate of drug-likeness (QED) is 0.657. The molecule has 0 saturated heterocycles. The Morgan fingerprint density at radius 1 is 1.12 bits per heavy atom. The predicted molar refractivity (Wildman–Crippen MR) is 98.4 cm³/mol. The van der Waals surface area contributed by atoms with Gasteiger partial charge in [-0.25, -0.2) is 9.13 Å². The molecule has 3 rings (SSSR count). The van der Waals surface area contributed by atoms with Crippen molar-refractivity contribution in [1.29, 1.82) is 0 Å². The molecule has 5 heteroatoms. The van der Waals surface area contributed by atoms with E-state index in [2.05, 4.69) is 34.3 Å². The zero-order valence-corrected chi connectivity index (χ0v) is 14.7. The van der Waals surface area contributed by atoms with Crippen LogP contribution in [0.5, 0.6) is 5.75 Å². The van der Waals surface area contributed by atoms with E-state index in [9.17, 15) is 0 Å². The van der Waals surface area contributed by atoms with Gasteiger partial charge in [0.2, 0.25) is 0 Å². The van der Waals surface area contributed by atoms with Crippen molar-refractivity contribution in [1.82, 2.24) is 4.57 Å². The van der Waals surface area contributed by atoms with E-state index in [0.717, 1.165) is 30.9 Å². The molecule has 0 saturated carbocycles. The molecule has 126 valence electrons. The van der Waals surface area contributed by atoms with Gasteiger partial charge in [0.05, 0.1) is 11.6 Å². The van der Waals surface area contributed by atoms with E-state index in [1.807, 2.05) is 30.3 Å². The van der Waals surface area contributed by atoms with Crippen molar-refractivity contribution in [3.8, 4) is 5.75 Å². The molecule has 0 aliphatic carbocycles. The number of rotatable bonds is 7. The van der Waals surface area contributed by atoms with Gasteiger partial charge in [0.15, 0.2) is 0 Å². The average Bonchev–Trinajstić information content (AvgIpc) is 2.87. The first-order valence-electron chi connectivity index (χ1n) is 8.36. The third-order valence-corrected chi connectivity index (χ3v) is 4.47. The van der Waals surface area contributed by atoms with E-state index >= 15 is 0 Å². The summed E-state index contributed by atoms with van der Waals surface area (Å²) in [6.45, 7) is 4.31. The molecule has 2 aromatic carbocycles. The molecular weight excluding hydrogens is 322 g/mol. The number of imidazole rings is 1. The van der Waals surface area contributed by atoms with E-state index in [0.29, 0.717) is 23.9 Å². The lowest BCUT2D eigenvalue weighted by Crippen LogP contribution is -2.36. The number of nitrogens with two attached hydrogens (primary N) is 1. The average molecular weight is 345 g/mol. The van der Waals surface area contributed by atoms with Crippen molar-refractivity contribution in [3.63, 3.8) is 0 Å².